The Morgan fingerprint density at radius 3 is 2.60 bits per heavy atom. The molecule has 1 rings (SSSR count). The molecule has 1 atom stereocenters. The minimum atomic E-state index is -3.87. The van der Waals surface area contributed by atoms with Crippen molar-refractivity contribution in [2.24, 2.45) is 0 Å². The lowest BCUT2D eigenvalue weighted by atomic mass is 10.2. The molecule has 0 aliphatic carbocycles. The molecule has 112 valence electrons. The lowest BCUT2D eigenvalue weighted by molar-refractivity contribution is -0.139. The van der Waals surface area contributed by atoms with Crippen LogP contribution in [0.2, 0.25) is 0 Å². The van der Waals surface area contributed by atoms with Crippen molar-refractivity contribution in [3.8, 4) is 0 Å². The van der Waals surface area contributed by atoms with E-state index in [1.54, 1.807) is 26.0 Å². The Hall–Kier alpha value is -1.44. The monoisotopic (exact) mass is 301 g/mol. The number of benzene rings is 1. The predicted molar refractivity (Wildman–Crippen MR) is 74.2 cm³/mol. The van der Waals surface area contributed by atoms with Crippen molar-refractivity contribution < 1.29 is 23.1 Å². The van der Waals surface area contributed by atoms with Gasteiger partial charge in [-0.15, -0.1) is 0 Å². The molecule has 6 nitrogen and oxygen atoms in total. The molecular formula is C13H19NO5S. The van der Waals surface area contributed by atoms with E-state index in [9.17, 15) is 13.2 Å². The van der Waals surface area contributed by atoms with Crippen LogP contribution in [0.3, 0.4) is 0 Å². The van der Waals surface area contributed by atoms with Crippen LogP contribution in [0.15, 0.2) is 23.1 Å². The van der Waals surface area contributed by atoms with Gasteiger partial charge in [0, 0.05) is 13.7 Å². The SMILES string of the molecule is COCCC(NS(=O)(=O)c1cc(C)ccc1C)C(=O)O. The van der Waals surface area contributed by atoms with Crippen molar-refractivity contribution in [3.63, 3.8) is 0 Å². The summed E-state index contributed by atoms with van der Waals surface area (Å²) in [5.41, 5.74) is 1.36. The minimum Gasteiger partial charge on any atom is -0.480 e. The van der Waals surface area contributed by atoms with Crippen LogP contribution in [0.5, 0.6) is 0 Å². The van der Waals surface area contributed by atoms with E-state index in [0.29, 0.717) is 5.56 Å². The van der Waals surface area contributed by atoms with Crippen molar-refractivity contribution in [2.45, 2.75) is 31.2 Å². The molecule has 0 spiro atoms. The number of aryl methyl sites for hydroxylation is 2. The number of methoxy groups -OCH3 is 1. The molecule has 0 aliphatic rings. The highest BCUT2D eigenvalue weighted by Gasteiger charge is 2.26. The number of nitrogens with one attached hydrogen (secondary N) is 1. The van der Waals surface area contributed by atoms with Gasteiger partial charge in [-0.25, -0.2) is 8.42 Å². The van der Waals surface area contributed by atoms with Gasteiger partial charge in [-0.1, -0.05) is 12.1 Å². The summed E-state index contributed by atoms with van der Waals surface area (Å²) in [5, 5.41) is 9.05. The summed E-state index contributed by atoms with van der Waals surface area (Å²) in [5.74, 6) is -1.23. The summed E-state index contributed by atoms with van der Waals surface area (Å²) in [7, 11) is -2.45. The van der Waals surface area contributed by atoms with E-state index in [2.05, 4.69) is 4.72 Å². The molecule has 0 heterocycles. The number of sulfonamides is 1. The van der Waals surface area contributed by atoms with E-state index in [-0.39, 0.29) is 17.9 Å². The zero-order valence-electron chi connectivity index (χ0n) is 11.7. The molecule has 2 N–H and O–H groups in total. The fraction of sp³-hybridized carbons (Fsp3) is 0.462. The molecule has 0 aliphatic heterocycles. The number of carbonyl (C=O) groups is 1. The molecule has 0 bridgehead atoms. The van der Waals surface area contributed by atoms with Crippen LogP contribution in [-0.4, -0.2) is 39.3 Å². The number of carboxylic acids is 1. The third-order valence-corrected chi connectivity index (χ3v) is 4.45. The molecule has 1 aromatic carbocycles. The molecule has 1 aromatic rings. The van der Waals surface area contributed by atoms with E-state index in [4.69, 9.17) is 9.84 Å². The topological polar surface area (TPSA) is 92.7 Å². The second-order valence-corrected chi connectivity index (χ2v) is 6.24. The van der Waals surface area contributed by atoms with Gasteiger partial charge < -0.3 is 9.84 Å². The zero-order chi connectivity index (χ0) is 15.3. The fourth-order valence-electron chi connectivity index (χ4n) is 1.72. The summed E-state index contributed by atoms with van der Waals surface area (Å²) in [6.45, 7) is 3.60. The van der Waals surface area contributed by atoms with Gasteiger partial charge >= 0.3 is 5.97 Å². The third-order valence-electron chi connectivity index (χ3n) is 2.84. The molecule has 7 heteroatoms. The van der Waals surface area contributed by atoms with Crippen LogP contribution in [-0.2, 0) is 19.6 Å². The minimum absolute atomic E-state index is 0.0654. The smallest absolute Gasteiger partial charge is 0.321 e. The molecule has 20 heavy (non-hydrogen) atoms. The zero-order valence-corrected chi connectivity index (χ0v) is 12.5. The van der Waals surface area contributed by atoms with Crippen LogP contribution >= 0.6 is 0 Å². The third kappa shape index (κ3) is 4.29. The van der Waals surface area contributed by atoms with Gasteiger partial charge in [-0.3, -0.25) is 4.79 Å². The number of hydrogen-bond donors (Lipinski definition) is 2. The molecule has 0 saturated carbocycles. The van der Waals surface area contributed by atoms with E-state index in [1.807, 2.05) is 0 Å². The first-order valence-corrected chi connectivity index (χ1v) is 7.57. The van der Waals surface area contributed by atoms with Crippen LogP contribution < -0.4 is 4.72 Å². The Kier molecular flexibility index (Phi) is 5.67. The molecule has 0 amide bonds. The number of aliphatic carboxylic acids is 1. The van der Waals surface area contributed by atoms with Crippen LogP contribution in [0.25, 0.3) is 0 Å². The molecule has 0 saturated heterocycles. The van der Waals surface area contributed by atoms with E-state index in [1.165, 1.54) is 13.2 Å². The summed E-state index contributed by atoms with van der Waals surface area (Å²) in [6.07, 6.45) is 0.0654. The van der Waals surface area contributed by atoms with Gasteiger partial charge in [-0.05, 0) is 37.5 Å². The highest BCUT2D eigenvalue weighted by Crippen LogP contribution is 2.17. The molecule has 0 radical (unpaired) electrons. The van der Waals surface area contributed by atoms with Crippen molar-refractivity contribution in [2.75, 3.05) is 13.7 Å². The summed E-state index contributed by atoms with van der Waals surface area (Å²) >= 11 is 0. The highest BCUT2D eigenvalue weighted by molar-refractivity contribution is 7.89. The number of rotatable bonds is 7. The van der Waals surface area contributed by atoms with Gasteiger partial charge in [-0.2, -0.15) is 4.72 Å². The van der Waals surface area contributed by atoms with Crippen molar-refractivity contribution in [1.82, 2.24) is 4.72 Å². The average Bonchev–Trinajstić information content (AvgIpc) is 2.36. The second kappa shape index (κ2) is 6.83. The maximum Gasteiger partial charge on any atom is 0.321 e. The van der Waals surface area contributed by atoms with E-state index in [0.717, 1.165) is 5.56 Å². The van der Waals surface area contributed by atoms with E-state index < -0.39 is 22.0 Å². The second-order valence-electron chi connectivity index (χ2n) is 4.56. The first-order valence-electron chi connectivity index (χ1n) is 6.09. The van der Waals surface area contributed by atoms with Crippen LogP contribution in [0.4, 0.5) is 0 Å². The summed E-state index contributed by atoms with van der Waals surface area (Å²) in [4.78, 5) is 11.2. The molecular weight excluding hydrogens is 282 g/mol. The van der Waals surface area contributed by atoms with E-state index >= 15 is 0 Å². The fourth-order valence-corrected chi connectivity index (χ4v) is 3.27. The molecule has 0 fully saturated rings. The normalized spacial score (nSPS) is 13.2. The Bertz CT molecular complexity index is 582. The Balaban J connectivity index is 3.03. The van der Waals surface area contributed by atoms with Crippen molar-refractivity contribution >= 4 is 16.0 Å². The maximum atomic E-state index is 12.3. The van der Waals surface area contributed by atoms with Gasteiger partial charge in [0.25, 0.3) is 0 Å². The number of ether oxygens (including phenoxy) is 1. The molecule has 1 unspecified atom stereocenters. The quantitative estimate of drug-likeness (QED) is 0.786. The lowest BCUT2D eigenvalue weighted by Crippen LogP contribution is -2.41. The van der Waals surface area contributed by atoms with Gasteiger partial charge in [0.1, 0.15) is 6.04 Å². The predicted octanol–water partition coefficient (Wildman–Crippen LogP) is 1.07. The number of hydrogen-bond acceptors (Lipinski definition) is 4. The molecule has 0 aromatic heterocycles. The number of carboxylic acid groups (broad SMARTS) is 1. The Morgan fingerprint density at radius 2 is 2.05 bits per heavy atom. The first kappa shape index (κ1) is 16.6. The highest BCUT2D eigenvalue weighted by atomic mass is 32.2. The van der Waals surface area contributed by atoms with Crippen LogP contribution in [0.1, 0.15) is 17.5 Å². The maximum absolute atomic E-state index is 12.3. The van der Waals surface area contributed by atoms with Gasteiger partial charge in [0.2, 0.25) is 10.0 Å². The van der Waals surface area contributed by atoms with Gasteiger partial charge in [0.15, 0.2) is 0 Å². The van der Waals surface area contributed by atoms with Crippen molar-refractivity contribution in [3.05, 3.63) is 29.3 Å². The standard InChI is InChI=1S/C13H19NO5S/c1-9-4-5-10(2)12(8-9)20(17,18)14-11(13(15)16)6-7-19-3/h4-5,8,11,14H,6-7H2,1-3H3,(H,15,16). The summed E-state index contributed by atoms with van der Waals surface area (Å²) in [6, 6.07) is 3.80. The van der Waals surface area contributed by atoms with Crippen LogP contribution in [0, 0.1) is 13.8 Å². The van der Waals surface area contributed by atoms with Gasteiger partial charge in [0.05, 0.1) is 4.90 Å². The summed E-state index contributed by atoms with van der Waals surface area (Å²) < 4.78 is 31.5. The first-order chi connectivity index (χ1) is 9.27. The average molecular weight is 301 g/mol. The van der Waals surface area contributed by atoms with Crippen molar-refractivity contribution in [1.29, 1.82) is 0 Å². The lowest BCUT2D eigenvalue weighted by Gasteiger charge is -2.16. The Morgan fingerprint density at radius 1 is 1.40 bits per heavy atom. The Labute approximate surface area is 118 Å². The largest absolute Gasteiger partial charge is 0.480 e.